The summed E-state index contributed by atoms with van der Waals surface area (Å²) >= 11 is 0. The molecule has 1 aliphatic rings. The van der Waals surface area contributed by atoms with E-state index >= 15 is 0 Å². The van der Waals surface area contributed by atoms with Gasteiger partial charge >= 0.3 is 12.0 Å². The summed E-state index contributed by atoms with van der Waals surface area (Å²) in [6, 6.07) is 3.44. The largest absolute Gasteiger partial charge is 0.478 e. The number of aromatic carboxylic acids is 1. The van der Waals surface area contributed by atoms with E-state index in [1.807, 2.05) is 0 Å². The summed E-state index contributed by atoms with van der Waals surface area (Å²) in [7, 11) is -3.26. The maximum Gasteiger partial charge on any atom is 0.338 e. The molecule has 1 unspecified atom stereocenters. The van der Waals surface area contributed by atoms with Crippen molar-refractivity contribution in [2.45, 2.75) is 13.0 Å². The van der Waals surface area contributed by atoms with E-state index in [0.29, 0.717) is 5.56 Å². The molecule has 7 nitrogen and oxygen atoms in total. The molecule has 0 fully saturated rings. The van der Waals surface area contributed by atoms with E-state index in [9.17, 15) is 18.0 Å². The molecule has 0 radical (unpaired) electrons. The molecule has 21 heavy (non-hydrogen) atoms. The van der Waals surface area contributed by atoms with E-state index in [4.69, 9.17) is 5.11 Å². The van der Waals surface area contributed by atoms with Crippen LogP contribution in [-0.2, 0) is 9.84 Å². The molecule has 1 atom stereocenters. The highest BCUT2D eigenvalue weighted by molar-refractivity contribution is 7.94. The number of benzene rings is 1. The van der Waals surface area contributed by atoms with Gasteiger partial charge in [-0.3, -0.25) is 0 Å². The summed E-state index contributed by atoms with van der Waals surface area (Å²) in [5.41, 5.74) is 0.677. The number of carbonyl (C=O) groups is 2. The predicted molar refractivity (Wildman–Crippen MR) is 77.0 cm³/mol. The Hall–Kier alpha value is -2.35. The lowest BCUT2D eigenvalue weighted by atomic mass is 10.1. The lowest BCUT2D eigenvalue weighted by Gasteiger charge is -2.13. The second-order valence-electron chi connectivity index (χ2n) is 4.67. The summed E-state index contributed by atoms with van der Waals surface area (Å²) in [5, 5.41) is 15.1. The Bertz CT molecular complexity index is 724. The summed E-state index contributed by atoms with van der Waals surface area (Å²) in [6.45, 7) is 1.62. The van der Waals surface area contributed by atoms with Crippen molar-refractivity contribution in [3.63, 3.8) is 0 Å². The number of hydrogen-bond acceptors (Lipinski definition) is 4. The number of carboxylic acids is 1. The summed E-state index contributed by atoms with van der Waals surface area (Å²) in [6.07, 6.45) is 1.38. The van der Waals surface area contributed by atoms with Crippen molar-refractivity contribution in [2.75, 3.05) is 11.1 Å². The number of carbonyl (C=O) groups excluding carboxylic acids is 1. The Kier molecular flexibility index (Phi) is 3.99. The third-order valence-electron chi connectivity index (χ3n) is 2.98. The quantitative estimate of drug-likeness (QED) is 0.774. The number of sulfone groups is 1. The lowest BCUT2D eigenvalue weighted by molar-refractivity contribution is 0.0697. The van der Waals surface area contributed by atoms with Crippen LogP contribution in [0, 0.1) is 6.92 Å². The van der Waals surface area contributed by atoms with E-state index in [-0.39, 0.29) is 17.0 Å². The highest BCUT2D eigenvalue weighted by Gasteiger charge is 2.23. The molecular formula is C13H14N2O5S. The molecule has 3 N–H and O–H groups in total. The Morgan fingerprint density at radius 1 is 1.33 bits per heavy atom. The van der Waals surface area contributed by atoms with E-state index in [0.717, 1.165) is 5.41 Å². The molecule has 0 aliphatic carbocycles. The molecule has 1 aromatic carbocycles. The van der Waals surface area contributed by atoms with Crippen LogP contribution in [0.1, 0.15) is 15.9 Å². The summed E-state index contributed by atoms with van der Waals surface area (Å²) < 4.78 is 22.5. The van der Waals surface area contributed by atoms with Crippen LogP contribution in [-0.4, -0.2) is 37.3 Å². The topological polar surface area (TPSA) is 113 Å². The van der Waals surface area contributed by atoms with Crippen LogP contribution in [0.5, 0.6) is 0 Å². The van der Waals surface area contributed by atoms with Gasteiger partial charge in [0.25, 0.3) is 0 Å². The van der Waals surface area contributed by atoms with E-state index in [1.54, 1.807) is 19.1 Å². The molecule has 1 aliphatic heterocycles. The number of hydrogen-bond donors (Lipinski definition) is 3. The standard InChI is InChI=1S/C13H14N2O5S/c1-8-3-2-4-10(11(8)12(16)17)15-13(18)14-9-5-6-21(19,20)7-9/h2-6,9H,7H2,1H3,(H,16,17)(H2,14,15,18). The molecule has 112 valence electrons. The second kappa shape index (κ2) is 5.57. The molecule has 8 heteroatoms. The molecule has 0 bridgehead atoms. The van der Waals surface area contributed by atoms with Gasteiger partial charge in [0.15, 0.2) is 9.84 Å². The van der Waals surface area contributed by atoms with Gasteiger partial charge in [0.1, 0.15) is 0 Å². The van der Waals surface area contributed by atoms with Crippen LogP contribution in [0.3, 0.4) is 0 Å². The van der Waals surface area contributed by atoms with Crippen molar-refractivity contribution < 1.29 is 23.1 Å². The minimum absolute atomic E-state index is 0.00207. The summed E-state index contributed by atoms with van der Waals surface area (Å²) in [4.78, 5) is 23.0. The van der Waals surface area contributed by atoms with Gasteiger partial charge in [-0.15, -0.1) is 0 Å². The van der Waals surface area contributed by atoms with Crippen molar-refractivity contribution >= 4 is 27.5 Å². The number of anilines is 1. The van der Waals surface area contributed by atoms with E-state index in [2.05, 4.69) is 10.6 Å². The van der Waals surface area contributed by atoms with Gasteiger partial charge < -0.3 is 15.7 Å². The van der Waals surface area contributed by atoms with Crippen LogP contribution in [0.2, 0.25) is 0 Å². The number of aryl methyl sites for hydroxylation is 1. The van der Waals surface area contributed by atoms with Gasteiger partial charge in [0.05, 0.1) is 23.0 Å². The maximum atomic E-state index is 11.8. The van der Waals surface area contributed by atoms with Crippen molar-refractivity contribution in [3.8, 4) is 0 Å². The molecular weight excluding hydrogens is 296 g/mol. The number of rotatable bonds is 3. The number of carboxylic acid groups (broad SMARTS) is 1. The Balaban J connectivity index is 2.09. The molecule has 0 spiro atoms. The number of urea groups is 1. The first-order valence-electron chi connectivity index (χ1n) is 6.10. The molecule has 0 aromatic heterocycles. The van der Waals surface area contributed by atoms with Gasteiger partial charge in [-0.1, -0.05) is 12.1 Å². The summed E-state index contributed by atoms with van der Waals surface area (Å²) in [5.74, 6) is -1.34. The van der Waals surface area contributed by atoms with Crippen molar-refractivity contribution in [1.29, 1.82) is 0 Å². The van der Waals surface area contributed by atoms with Gasteiger partial charge in [-0.25, -0.2) is 18.0 Å². The average molecular weight is 310 g/mol. The highest BCUT2D eigenvalue weighted by atomic mass is 32.2. The van der Waals surface area contributed by atoms with Crippen LogP contribution < -0.4 is 10.6 Å². The number of amides is 2. The van der Waals surface area contributed by atoms with Gasteiger partial charge in [0.2, 0.25) is 0 Å². The van der Waals surface area contributed by atoms with Gasteiger partial charge in [-0.05, 0) is 24.6 Å². The lowest BCUT2D eigenvalue weighted by Crippen LogP contribution is -2.38. The maximum absolute atomic E-state index is 11.8. The zero-order chi connectivity index (χ0) is 15.6. The molecule has 1 heterocycles. The fourth-order valence-corrected chi connectivity index (χ4v) is 3.28. The fraction of sp³-hybridized carbons (Fsp3) is 0.231. The van der Waals surface area contributed by atoms with E-state index in [1.165, 1.54) is 12.1 Å². The van der Waals surface area contributed by atoms with Crippen molar-refractivity contribution in [3.05, 3.63) is 40.8 Å². The van der Waals surface area contributed by atoms with Crippen molar-refractivity contribution in [2.24, 2.45) is 0 Å². The molecule has 0 saturated carbocycles. The second-order valence-corrected chi connectivity index (χ2v) is 6.60. The van der Waals surface area contributed by atoms with Crippen molar-refractivity contribution in [1.82, 2.24) is 5.32 Å². The molecule has 1 aromatic rings. The minimum atomic E-state index is -3.26. The Morgan fingerprint density at radius 2 is 2.05 bits per heavy atom. The Morgan fingerprint density at radius 3 is 2.62 bits per heavy atom. The normalized spacial score (nSPS) is 19.2. The average Bonchev–Trinajstić information content (AvgIpc) is 2.67. The number of nitrogens with one attached hydrogen (secondary N) is 2. The van der Waals surface area contributed by atoms with Gasteiger partial charge in [-0.2, -0.15) is 0 Å². The zero-order valence-corrected chi connectivity index (χ0v) is 12.0. The Labute approximate surface area is 121 Å². The van der Waals surface area contributed by atoms with Crippen LogP contribution >= 0.6 is 0 Å². The van der Waals surface area contributed by atoms with Crippen LogP contribution in [0.25, 0.3) is 0 Å². The van der Waals surface area contributed by atoms with Gasteiger partial charge in [0, 0.05) is 5.41 Å². The third kappa shape index (κ3) is 3.60. The first kappa shape index (κ1) is 15.0. The third-order valence-corrected chi connectivity index (χ3v) is 4.38. The van der Waals surface area contributed by atoms with Crippen LogP contribution in [0.4, 0.5) is 10.5 Å². The molecule has 2 amide bonds. The predicted octanol–water partition coefficient (Wildman–Crippen LogP) is 1.13. The minimum Gasteiger partial charge on any atom is -0.478 e. The monoisotopic (exact) mass is 310 g/mol. The van der Waals surface area contributed by atoms with Crippen LogP contribution in [0.15, 0.2) is 29.7 Å². The first-order chi connectivity index (χ1) is 9.78. The molecule has 2 rings (SSSR count). The highest BCUT2D eigenvalue weighted by Crippen LogP contribution is 2.19. The fourth-order valence-electron chi connectivity index (χ4n) is 2.05. The smallest absolute Gasteiger partial charge is 0.338 e. The first-order valence-corrected chi connectivity index (χ1v) is 7.81. The van der Waals surface area contributed by atoms with E-state index < -0.39 is 27.9 Å². The molecule has 0 saturated heterocycles. The SMILES string of the molecule is Cc1cccc(NC(=O)NC2C=CS(=O)(=O)C2)c1C(=O)O. The zero-order valence-electron chi connectivity index (χ0n) is 11.2.